The van der Waals surface area contributed by atoms with E-state index in [-0.39, 0.29) is 6.10 Å². The molecule has 3 atom stereocenters. The number of hydrogen-bond acceptors (Lipinski definition) is 6. The fourth-order valence-electron chi connectivity index (χ4n) is 2.68. The van der Waals surface area contributed by atoms with Crippen molar-refractivity contribution in [3.8, 4) is 5.88 Å². The topological polar surface area (TPSA) is 89.4 Å². The van der Waals surface area contributed by atoms with Gasteiger partial charge >= 0.3 is 0 Å². The van der Waals surface area contributed by atoms with Gasteiger partial charge in [-0.05, 0) is 38.6 Å². The van der Waals surface area contributed by atoms with Gasteiger partial charge in [0.15, 0.2) is 0 Å². The van der Waals surface area contributed by atoms with Crippen molar-refractivity contribution in [2.45, 2.75) is 57.5 Å². The molecule has 144 valence electrons. The lowest BCUT2D eigenvalue weighted by Gasteiger charge is -2.24. The van der Waals surface area contributed by atoms with Crippen LogP contribution in [0, 0.1) is 0 Å². The molecule has 0 bridgehead atoms. The number of fused-ring (bicyclic) bond motifs is 1. The Hall–Kier alpha value is -1.44. The van der Waals surface area contributed by atoms with Crippen LogP contribution < -0.4 is 4.74 Å². The van der Waals surface area contributed by atoms with Gasteiger partial charge in [-0.3, -0.25) is 0 Å². The third-order valence-electron chi connectivity index (χ3n) is 4.68. The van der Waals surface area contributed by atoms with Crippen molar-refractivity contribution in [3.63, 3.8) is 0 Å². The van der Waals surface area contributed by atoms with E-state index in [0.29, 0.717) is 40.2 Å². The summed E-state index contributed by atoms with van der Waals surface area (Å²) in [6.07, 6.45) is 4.84. The van der Waals surface area contributed by atoms with Gasteiger partial charge in [-0.1, -0.05) is 18.5 Å². The molecule has 2 aromatic heterocycles. The summed E-state index contributed by atoms with van der Waals surface area (Å²) in [6.45, 7) is 7.06. The largest absolute Gasteiger partial charge is 0.474 e. The first-order valence-corrected chi connectivity index (χ1v) is 10.8. The zero-order valence-electron chi connectivity index (χ0n) is 15.7. The Kier molecular flexibility index (Phi) is 6.15. The maximum Gasteiger partial charge on any atom is 0.223 e. The van der Waals surface area contributed by atoms with Crippen LogP contribution in [0.4, 0.5) is 0 Å². The molecular formula is C18H25ClN2O4S. The van der Waals surface area contributed by atoms with Crippen LogP contribution in [-0.2, 0) is 15.4 Å². The van der Waals surface area contributed by atoms with Gasteiger partial charge in [-0.2, -0.15) is 0 Å². The lowest BCUT2D eigenvalue weighted by molar-refractivity contribution is 0.0542. The summed E-state index contributed by atoms with van der Waals surface area (Å²) in [5.41, 5.74) is -0.422. The Bertz CT molecular complexity index is 899. The summed E-state index contributed by atoms with van der Waals surface area (Å²) in [6, 6.07) is 1.68. The van der Waals surface area contributed by atoms with E-state index in [9.17, 15) is 13.5 Å². The number of halogens is 1. The fraction of sp³-hybridized carbons (Fsp3) is 0.556. The SMILES string of the molecule is CCC(C)(O)c1cnc(O[C@H](C)C[C@@H](C)S(C)(=O)=O)c2cnc(Cl)cc12. The summed E-state index contributed by atoms with van der Waals surface area (Å²) in [7, 11) is -3.13. The molecule has 0 saturated heterocycles. The molecule has 0 aromatic carbocycles. The predicted octanol–water partition coefficient (Wildman–Crippen LogP) is 3.49. The normalized spacial score (nSPS) is 16.9. The van der Waals surface area contributed by atoms with E-state index in [1.54, 1.807) is 39.2 Å². The molecule has 0 radical (unpaired) electrons. The van der Waals surface area contributed by atoms with E-state index in [4.69, 9.17) is 16.3 Å². The van der Waals surface area contributed by atoms with Crippen molar-refractivity contribution in [2.75, 3.05) is 6.26 Å². The lowest BCUT2D eigenvalue weighted by Crippen LogP contribution is -2.25. The van der Waals surface area contributed by atoms with Crippen LogP contribution in [0.2, 0.25) is 5.15 Å². The molecule has 0 amide bonds. The van der Waals surface area contributed by atoms with E-state index < -0.39 is 20.7 Å². The second kappa shape index (κ2) is 7.66. The standard InChI is InChI=1S/C18H25ClN2O4S/c1-6-18(4,22)15-10-21-17(14-9-20-16(19)8-13(14)15)25-11(2)7-12(3)26(5,23)24/h8-12,22H,6-7H2,1-5H3/t11-,12-,18?/m1/s1. The maximum absolute atomic E-state index is 11.6. The quantitative estimate of drug-likeness (QED) is 0.715. The number of nitrogens with zero attached hydrogens (tertiary/aromatic N) is 2. The summed E-state index contributed by atoms with van der Waals surface area (Å²) >= 11 is 6.04. The molecule has 0 aliphatic heterocycles. The van der Waals surface area contributed by atoms with Crippen molar-refractivity contribution in [3.05, 3.63) is 29.2 Å². The first-order valence-electron chi connectivity index (χ1n) is 8.48. The van der Waals surface area contributed by atoms with Gasteiger partial charge in [0.1, 0.15) is 15.0 Å². The molecule has 0 aliphatic rings. The van der Waals surface area contributed by atoms with Crippen LogP contribution in [0.1, 0.15) is 46.1 Å². The summed E-state index contributed by atoms with van der Waals surface area (Å²) in [5.74, 6) is 0.341. The monoisotopic (exact) mass is 400 g/mol. The summed E-state index contributed by atoms with van der Waals surface area (Å²) < 4.78 is 29.2. The number of rotatable bonds is 7. The zero-order valence-corrected chi connectivity index (χ0v) is 17.2. The molecule has 0 saturated carbocycles. The second-order valence-electron chi connectivity index (χ2n) is 6.96. The van der Waals surface area contributed by atoms with Crippen LogP contribution in [-0.4, -0.2) is 41.1 Å². The van der Waals surface area contributed by atoms with Crippen LogP contribution in [0.15, 0.2) is 18.5 Å². The van der Waals surface area contributed by atoms with Crippen LogP contribution >= 0.6 is 11.6 Å². The molecule has 1 unspecified atom stereocenters. The van der Waals surface area contributed by atoms with Crippen molar-refractivity contribution in [2.24, 2.45) is 0 Å². The van der Waals surface area contributed by atoms with Gasteiger partial charge < -0.3 is 9.84 Å². The highest BCUT2D eigenvalue weighted by Crippen LogP contribution is 2.35. The fourth-order valence-corrected chi connectivity index (χ4v) is 3.46. The Morgan fingerprint density at radius 2 is 1.92 bits per heavy atom. The van der Waals surface area contributed by atoms with Crippen LogP contribution in [0.3, 0.4) is 0 Å². The van der Waals surface area contributed by atoms with Crippen LogP contribution in [0.25, 0.3) is 10.8 Å². The molecule has 2 rings (SSSR count). The number of pyridine rings is 2. The Morgan fingerprint density at radius 1 is 1.27 bits per heavy atom. The van der Waals surface area contributed by atoms with Crippen molar-refractivity contribution < 1.29 is 18.3 Å². The van der Waals surface area contributed by atoms with Crippen molar-refractivity contribution in [1.29, 1.82) is 0 Å². The minimum Gasteiger partial charge on any atom is -0.474 e. The molecule has 0 spiro atoms. The highest BCUT2D eigenvalue weighted by atomic mass is 35.5. The van der Waals surface area contributed by atoms with Crippen molar-refractivity contribution in [1.82, 2.24) is 9.97 Å². The average molecular weight is 401 g/mol. The molecular weight excluding hydrogens is 376 g/mol. The molecule has 0 fully saturated rings. The first-order chi connectivity index (χ1) is 12.0. The molecule has 1 N–H and O–H groups in total. The maximum atomic E-state index is 11.6. The number of sulfone groups is 1. The molecule has 2 heterocycles. The molecule has 26 heavy (non-hydrogen) atoms. The minimum atomic E-state index is -3.13. The summed E-state index contributed by atoms with van der Waals surface area (Å²) in [5, 5.41) is 11.8. The molecule has 8 heteroatoms. The predicted molar refractivity (Wildman–Crippen MR) is 103 cm³/mol. The summed E-state index contributed by atoms with van der Waals surface area (Å²) in [4.78, 5) is 8.44. The first kappa shape index (κ1) is 20.9. The van der Waals surface area contributed by atoms with E-state index >= 15 is 0 Å². The number of aliphatic hydroxyl groups is 1. The van der Waals surface area contributed by atoms with E-state index in [0.717, 1.165) is 0 Å². The minimum absolute atomic E-state index is 0.307. The molecule has 6 nitrogen and oxygen atoms in total. The third kappa shape index (κ3) is 4.64. The Morgan fingerprint density at radius 3 is 2.50 bits per heavy atom. The smallest absolute Gasteiger partial charge is 0.223 e. The number of aromatic nitrogens is 2. The highest BCUT2D eigenvalue weighted by molar-refractivity contribution is 7.91. The lowest BCUT2D eigenvalue weighted by atomic mass is 9.91. The van der Waals surface area contributed by atoms with E-state index in [1.165, 1.54) is 6.26 Å². The zero-order chi connectivity index (χ0) is 19.7. The Labute approximate surface area is 159 Å². The third-order valence-corrected chi connectivity index (χ3v) is 6.54. The number of ether oxygens (including phenoxy) is 1. The van der Waals surface area contributed by atoms with E-state index in [2.05, 4.69) is 9.97 Å². The van der Waals surface area contributed by atoms with Gasteiger partial charge in [0.2, 0.25) is 5.88 Å². The van der Waals surface area contributed by atoms with Crippen LogP contribution in [0.5, 0.6) is 5.88 Å². The number of hydrogen-bond donors (Lipinski definition) is 1. The average Bonchev–Trinajstić information content (AvgIpc) is 2.53. The van der Waals surface area contributed by atoms with Gasteiger partial charge in [0.05, 0.1) is 22.3 Å². The van der Waals surface area contributed by atoms with Gasteiger partial charge in [-0.25, -0.2) is 18.4 Å². The van der Waals surface area contributed by atoms with Gasteiger partial charge in [0, 0.05) is 30.6 Å². The van der Waals surface area contributed by atoms with Crippen molar-refractivity contribution >= 4 is 32.2 Å². The second-order valence-corrected chi connectivity index (χ2v) is 9.81. The Balaban J connectivity index is 2.42. The van der Waals surface area contributed by atoms with E-state index in [1.807, 2.05) is 6.92 Å². The molecule has 2 aromatic rings. The van der Waals surface area contributed by atoms with Gasteiger partial charge in [-0.15, -0.1) is 0 Å². The molecule has 0 aliphatic carbocycles. The van der Waals surface area contributed by atoms with Gasteiger partial charge in [0.25, 0.3) is 0 Å². The highest BCUT2D eigenvalue weighted by Gasteiger charge is 2.26.